The van der Waals surface area contributed by atoms with E-state index >= 15 is 0 Å². The standard InChI is InChI=1S/C11H18N4O/c1-9(2)15(3)11(16)7-13-6-10-4-5-12-8-14-10/h4-5,8-9,13H,6-7H2,1-3H3. The van der Waals surface area contributed by atoms with Gasteiger partial charge in [0, 0.05) is 25.8 Å². The summed E-state index contributed by atoms with van der Waals surface area (Å²) in [4.78, 5) is 21.2. The lowest BCUT2D eigenvalue weighted by atomic mass is 10.3. The molecule has 0 radical (unpaired) electrons. The maximum atomic E-state index is 11.6. The lowest BCUT2D eigenvalue weighted by Gasteiger charge is -2.21. The molecule has 0 aromatic carbocycles. The second kappa shape index (κ2) is 6.17. The average Bonchev–Trinajstić information content (AvgIpc) is 2.29. The molecule has 0 atom stereocenters. The largest absolute Gasteiger partial charge is 0.342 e. The summed E-state index contributed by atoms with van der Waals surface area (Å²) in [7, 11) is 1.80. The fourth-order valence-corrected chi connectivity index (χ4v) is 1.13. The van der Waals surface area contributed by atoms with E-state index in [0.717, 1.165) is 5.69 Å². The van der Waals surface area contributed by atoms with Gasteiger partial charge in [0.25, 0.3) is 0 Å². The summed E-state index contributed by atoms with van der Waals surface area (Å²) in [6, 6.07) is 2.05. The first-order valence-electron chi connectivity index (χ1n) is 5.32. The zero-order valence-corrected chi connectivity index (χ0v) is 9.97. The van der Waals surface area contributed by atoms with Crippen molar-refractivity contribution in [3.8, 4) is 0 Å². The van der Waals surface area contributed by atoms with Crippen LogP contribution < -0.4 is 5.32 Å². The third kappa shape index (κ3) is 3.94. The maximum Gasteiger partial charge on any atom is 0.236 e. The molecule has 0 saturated carbocycles. The van der Waals surface area contributed by atoms with Crippen LogP contribution in [-0.4, -0.2) is 40.4 Å². The number of carbonyl (C=O) groups excluding carboxylic acids is 1. The number of carbonyl (C=O) groups is 1. The Balaban J connectivity index is 2.28. The summed E-state index contributed by atoms with van der Waals surface area (Å²) in [5.74, 6) is 0.0871. The summed E-state index contributed by atoms with van der Waals surface area (Å²) in [6.45, 7) is 4.89. The zero-order valence-electron chi connectivity index (χ0n) is 9.97. The summed E-state index contributed by atoms with van der Waals surface area (Å²) >= 11 is 0. The number of nitrogens with zero attached hydrogens (tertiary/aromatic N) is 3. The van der Waals surface area contributed by atoms with Crippen molar-refractivity contribution in [2.45, 2.75) is 26.4 Å². The fourth-order valence-electron chi connectivity index (χ4n) is 1.13. The Morgan fingerprint density at radius 3 is 2.88 bits per heavy atom. The van der Waals surface area contributed by atoms with E-state index in [1.165, 1.54) is 6.33 Å². The molecule has 1 rings (SSSR count). The second-order valence-corrected chi connectivity index (χ2v) is 3.90. The van der Waals surface area contributed by atoms with Gasteiger partial charge in [0.1, 0.15) is 6.33 Å². The molecule has 1 heterocycles. The number of amides is 1. The molecule has 16 heavy (non-hydrogen) atoms. The SMILES string of the molecule is CC(C)N(C)C(=O)CNCc1ccncn1. The van der Waals surface area contributed by atoms with Crippen LogP contribution in [0.15, 0.2) is 18.6 Å². The first-order chi connectivity index (χ1) is 7.61. The minimum Gasteiger partial charge on any atom is -0.342 e. The Morgan fingerprint density at radius 1 is 1.56 bits per heavy atom. The molecule has 0 aliphatic carbocycles. The molecule has 0 saturated heterocycles. The van der Waals surface area contributed by atoms with Crippen LogP contribution in [0.1, 0.15) is 19.5 Å². The summed E-state index contributed by atoms with van der Waals surface area (Å²) in [5, 5.41) is 3.06. The summed E-state index contributed by atoms with van der Waals surface area (Å²) in [6.07, 6.45) is 3.19. The predicted octanol–water partition coefficient (Wildman–Crippen LogP) is 0.433. The number of nitrogens with one attached hydrogen (secondary N) is 1. The molecular formula is C11H18N4O. The van der Waals surface area contributed by atoms with Crippen molar-refractivity contribution in [3.05, 3.63) is 24.3 Å². The van der Waals surface area contributed by atoms with Crippen molar-refractivity contribution in [2.75, 3.05) is 13.6 Å². The third-order valence-corrected chi connectivity index (χ3v) is 2.39. The van der Waals surface area contributed by atoms with Crippen molar-refractivity contribution in [1.29, 1.82) is 0 Å². The van der Waals surface area contributed by atoms with E-state index < -0.39 is 0 Å². The highest BCUT2D eigenvalue weighted by atomic mass is 16.2. The molecule has 5 nitrogen and oxygen atoms in total. The maximum absolute atomic E-state index is 11.6. The molecule has 0 spiro atoms. The fraction of sp³-hybridized carbons (Fsp3) is 0.545. The van der Waals surface area contributed by atoms with E-state index in [0.29, 0.717) is 13.1 Å². The van der Waals surface area contributed by atoms with Gasteiger partial charge in [-0.1, -0.05) is 0 Å². The van der Waals surface area contributed by atoms with Crippen LogP contribution in [0.3, 0.4) is 0 Å². The first kappa shape index (κ1) is 12.6. The molecular weight excluding hydrogens is 204 g/mol. The average molecular weight is 222 g/mol. The number of likely N-dealkylation sites (N-methyl/N-ethyl adjacent to an activating group) is 1. The Labute approximate surface area is 95.9 Å². The highest BCUT2D eigenvalue weighted by Crippen LogP contribution is 1.94. The topological polar surface area (TPSA) is 58.1 Å². The molecule has 0 aliphatic heterocycles. The van der Waals surface area contributed by atoms with Gasteiger partial charge in [-0.05, 0) is 19.9 Å². The molecule has 1 N–H and O–H groups in total. The Kier molecular flexibility index (Phi) is 4.85. The molecule has 1 aromatic heterocycles. The molecule has 88 valence electrons. The highest BCUT2D eigenvalue weighted by Gasteiger charge is 2.10. The van der Waals surface area contributed by atoms with E-state index in [-0.39, 0.29) is 11.9 Å². The lowest BCUT2D eigenvalue weighted by molar-refractivity contribution is -0.130. The van der Waals surface area contributed by atoms with Gasteiger partial charge in [-0.3, -0.25) is 4.79 Å². The van der Waals surface area contributed by atoms with Crippen LogP contribution >= 0.6 is 0 Å². The van der Waals surface area contributed by atoms with E-state index in [1.807, 2.05) is 19.9 Å². The van der Waals surface area contributed by atoms with Crippen LogP contribution in [0.2, 0.25) is 0 Å². The van der Waals surface area contributed by atoms with Crippen LogP contribution in [0.5, 0.6) is 0 Å². The molecule has 5 heteroatoms. The van der Waals surface area contributed by atoms with Gasteiger partial charge in [-0.15, -0.1) is 0 Å². The van der Waals surface area contributed by atoms with Crippen LogP contribution in [0.25, 0.3) is 0 Å². The van der Waals surface area contributed by atoms with Gasteiger partial charge >= 0.3 is 0 Å². The highest BCUT2D eigenvalue weighted by molar-refractivity contribution is 5.78. The molecule has 1 aromatic rings. The van der Waals surface area contributed by atoms with E-state index in [4.69, 9.17) is 0 Å². The van der Waals surface area contributed by atoms with Crippen molar-refractivity contribution in [2.24, 2.45) is 0 Å². The van der Waals surface area contributed by atoms with Crippen LogP contribution in [0, 0.1) is 0 Å². The number of hydrogen-bond acceptors (Lipinski definition) is 4. The van der Waals surface area contributed by atoms with E-state index in [2.05, 4.69) is 15.3 Å². The minimum atomic E-state index is 0.0871. The molecule has 0 aliphatic rings. The van der Waals surface area contributed by atoms with Crippen LogP contribution in [0.4, 0.5) is 0 Å². The van der Waals surface area contributed by atoms with Gasteiger partial charge in [0.15, 0.2) is 0 Å². The summed E-state index contributed by atoms with van der Waals surface area (Å²) < 4.78 is 0. The molecule has 1 amide bonds. The molecule has 0 unspecified atom stereocenters. The Hall–Kier alpha value is -1.49. The zero-order chi connectivity index (χ0) is 12.0. The second-order valence-electron chi connectivity index (χ2n) is 3.90. The van der Waals surface area contributed by atoms with Crippen LogP contribution in [-0.2, 0) is 11.3 Å². The van der Waals surface area contributed by atoms with E-state index in [1.54, 1.807) is 18.1 Å². The van der Waals surface area contributed by atoms with Gasteiger partial charge in [0.2, 0.25) is 5.91 Å². The smallest absolute Gasteiger partial charge is 0.236 e. The van der Waals surface area contributed by atoms with Gasteiger partial charge in [-0.2, -0.15) is 0 Å². The normalized spacial score (nSPS) is 10.5. The lowest BCUT2D eigenvalue weighted by Crippen LogP contribution is -2.39. The number of hydrogen-bond donors (Lipinski definition) is 1. The molecule has 0 fully saturated rings. The number of aromatic nitrogens is 2. The van der Waals surface area contributed by atoms with Crippen molar-refractivity contribution in [1.82, 2.24) is 20.2 Å². The van der Waals surface area contributed by atoms with Crippen molar-refractivity contribution < 1.29 is 4.79 Å². The monoisotopic (exact) mass is 222 g/mol. The van der Waals surface area contributed by atoms with Crippen molar-refractivity contribution >= 4 is 5.91 Å². The van der Waals surface area contributed by atoms with Gasteiger partial charge in [-0.25, -0.2) is 9.97 Å². The van der Waals surface area contributed by atoms with Gasteiger partial charge < -0.3 is 10.2 Å². The predicted molar refractivity (Wildman–Crippen MR) is 61.6 cm³/mol. The van der Waals surface area contributed by atoms with Gasteiger partial charge in [0.05, 0.1) is 12.2 Å². The molecule has 0 bridgehead atoms. The number of rotatable bonds is 5. The van der Waals surface area contributed by atoms with Crippen molar-refractivity contribution in [3.63, 3.8) is 0 Å². The Bertz CT molecular complexity index is 326. The summed E-state index contributed by atoms with van der Waals surface area (Å²) in [5.41, 5.74) is 0.884. The Morgan fingerprint density at radius 2 is 2.31 bits per heavy atom. The van der Waals surface area contributed by atoms with E-state index in [9.17, 15) is 4.79 Å². The quantitative estimate of drug-likeness (QED) is 0.785. The third-order valence-electron chi connectivity index (χ3n) is 2.39. The minimum absolute atomic E-state index is 0.0871. The first-order valence-corrected chi connectivity index (χ1v) is 5.32.